The van der Waals surface area contributed by atoms with Crippen LogP contribution in [0.4, 0.5) is 0 Å². The molecule has 0 rings (SSSR count). The van der Waals surface area contributed by atoms with Gasteiger partial charge >= 0.3 is 11.9 Å². The fraction of sp³-hybridized carbons (Fsp3) is 0.600. The van der Waals surface area contributed by atoms with Gasteiger partial charge in [0, 0.05) is 12.2 Å². The van der Waals surface area contributed by atoms with Crippen LogP contribution in [0.15, 0.2) is 0 Å². The summed E-state index contributed by atoms with van der Waals surface area (Å²) in [5.74, 6) is -7.02. The molecule has 30 heavy (non-hydrogen) atoms. The molecule has 4 amide bonds. The molecule has 0 fully saturated rings. The molecule has 0 saturated carbocycles. The number of aliphatic carboxylic acids is 2. The molecule has 0 bridgehead atoms. The van der Waals surface area contributed by atoms with Crippen molar-refractivity contribution in [1.82, 2.24) is 16.0 Å². The van der Waals surface area contributed by atoms with Gasteiger partial charge in [-0.25, -0.2) is 4.79 Å². The lowest BCUT2D eigenvalue weighted by Gasteiger charge is -2.24. The second-order valence-corrected chi connectivity index (χ2v) is 6.46. The molecule has 0 radical (unpaired) electrons. The highest BCUT2D eigenvalue weighted by Crippen LogP contribution is 2.03. The largest absolute Gasteiger partial charge is 0.481 e. The Hall–Kier alpha value is -2.91. The highest BCUT2D eigenvalue weighted by Gasteiger charge is 2.31. The Labute approximate surface area is 176 Å². The lowest BCUT2D eigenvalue weighted by atomic mass is 10.1. The van der Waals surface area contributed by atoms with E-state index in [1.807, 2.05) is 0 Å². The van der Waals surface area contributed by atoms with Gasteiger partial charge in [0.2, 0.25) is 23.6 Å². The van der Waals surface area contributed by atoms with Gasteiger partial charge in [0.25, 0.3) is 0 Å². The third-order valence-corrected chi connectivity index (χ3v) is 4.01. The molecule has 0 aromatic carbocycles. The second-order valence-electron chi connectivity index (χ2n) is 6.10. The van der Waals surface area contributed by atoms with Gasteiger partial charge in [0.05, 0.1) is 13.0 Å². The number of hydrogen-bond donors (Lipinski definition) is 9. The molecule has 170 valence electrons. The van der Waals surface area contributed by atoms with Crippen LogP contribution in [0.3, 0.4) is 0 Å². The molecule has 0 heterocycles. The highest BCUT2D eigenvalue weighted by molar-refractivity contribution is 7.80. The minimum absolute atomic E-state index is 0.278. The summed E-state index contributed by atoms with van der Waals surface area (Å²) in [5, 5.41) is 33.0. The molecule has 15 heteroatoms. The summed E-state index contributed by atoms with van der Waals surface area (Å²) in [6, 6.07) is -5.89. The van der Waals surface area contributed by atoms with Gasteiger partial charge in [0.15, 0.2) is 0 Å². The van der Waals surface area contributed by atoms with Crippen molar-refractivity contribution >= 4 is 48.2 Å². The number of thiol groups is 1. The van der Waals surface area contributed by atoms with Crippen molar-refractivity contribution in [1.29, 1.82) is 0 Å². The fourth-order valence-electron chi connectivity index (χ4n) is 2.04. The smallest absolute Gasteiger partial charge is 0.327 e. The third-order valence-electron chi connectivity index (χ3n) is 3.65. The van der Waals surface area contributed by atoms with Crippen LogP contribution in [-0.2, 0) is 28.8 Å². The molecule has 0 aliphatic carbocycles. The first kappa shape index (κ1) is 27.1. The number of nitrogens with one attached hydrogen (secondary N) is 3. The van der Waals surface area contributed by atoms with E-state index < -0.39 is 85.6 Å². The summed E-state index contributed by atoms with van der Waals surface area (Å²) >= 11 is 3.78. The molecule has 0 spiro atoms. The zero-order valence-corrected chi connectivity index (χ0v) is 16.6. The van der Waals surface area contributed by atoms with Gasteiger partial charge in [-0.05, 0) is 6.42 Å². The van der Waals surface area contributed by atoms with Crippen LogP contribution in [-0.4, -0.2) is 87.4 Å². The number of carbonyl (C=O) groups is 6. The van der Waals surface area contributed by atoms with Crippen molar-refractivity contribution < 1.29 is 44.1 Å². The van der Waals surface area contributed by atoms with Crippen LogP contribution < -0.4 is 27.4 Å². The third kappa shape index (κ3) is 10.0. The Morgan fingerprint density at radius 3 is 1.80 bits per heavy atom. The average molecular weight is 451 g/mol. The van der Waals surface area contributed by atoms with Crippen LogP contribution in [0.25, 0.3) is 0 Å². The van der Waals surface area contributed by atoms with Crippen molar-refractivity contribution in [3.8, 4) is 0 Å². The molecule has 0 aromatic rings. The van der Waals surface area contributed by atoms with Crippen molar-refractivity contribution in [2.75, 3.05) is 12.4 Å². The number of primary amides is 1. The number of carbonyl (C=O) groups excluding carboxylic acids is 4. The van der Waals surface area contributed by atoms with Crippen LogP contribution in [0.1, 0.15) is 19.3 Å². The van der Waals surface area contributed by atoms with Gasteiger partial charge in [-0.3, -0.25) is 24.0 Å². The number of nitrogens with two attached hydrogens (primary N) is 2. The molecule has 0 aromatic heterocycles. The van der Waals surface area contributed by atoms with E-state index in [2.05, 4.69) is 28.6 Å². The van der Waals surface area contributed by atoms with Gasteiger partial charge in [-0.15, -0.1) is 0 Å². The zero-order chi connectivity index (χ0) is 23.4. The maximum Gasteiger partial charge on any atom is 0.327 e. The highest BCUT2D eigenvalue weighted by atomic mass is 32.1. The summed E-state index contributed by atoms with van der Waals surface area (Å²) in [6.07, 6.45) is -1.66. The van der Waals surface area contributed by atoms with Crippen molar-refractivity contribution in [3.05, 3.63) is 0 Å². The van der Waals surface area contributed by atoms with E-state index in [0.717, 1.165) is 0 Å². The van der Waals surface area contributed by atoms with Gasteiger partial charge in [-0.2, -0.15) is 12.6 Å². The monoisotopic (exact) mass is 451 g/mol. The summed E-state index contributed by atoms with van der Waals surface area (Å²) in [5.41, 5.74) is 10.4. The summed E-state index contributed by atoms with van der Waals surface area (Å²) in [7, 11) is 0. The van der Waals surface area contributed by atoms with Gasteiger partial charge in [-0.1, -0.05) is 0 Å². The Morgan fingerprint density at radius 1 is 0.867 bits per heavy atom. The number of carboxylic acids is 2. The van der Waals surface area contributed by atoms with E-state index >= 15 is 0 Å². The first-order valence-electron chi connectivity index (χ1n) is 8.54. The first-order chi connectivity index (χ1) is 13.9. The number of rotatable bonds is 14. The molecule has 10 N–H and O–H groups in total. The normalized spacial score (nSPS) is 14.5. The van der Waals surface area contributed by atoms with Crippen LogP contribution in [0, 0.1) is 0 Å². The first-order valence-corrected chi connectivity index (χ1v) is 9.17. The summed E-state index contributed by atoms with van der Waals surface area (Å²) < 4.78 is 0. The second kappa shape index (κ2) is 13.3. The quantitative estimate of drug-likeness (QED) is 0.114. The molecular formula is C15H25N5O9S. The number of aliphatic hydroxyl groups excluding tert-OH is 1. The van der Waals surface area contributed by atoms with Crippen LogP contribution in [0.2, 0.25) is 0 Å². The number of amides is 4. The maximum atomic E-state index is 12.5. The maximum absolute atomic E-state index is 12.5. The average Bonchev–Trinajstić information content (AvgIpc) is 2.66. The predicted molar refractivity (Wildman–Crippen MR) is 103 cm³/mol. The summed E-state index contributed by atoms with van der Waals surface area (Å²) in [6.45, 7) is -0.749. The minimum Gasteiger partial charge on any atom is -0.481 e. The van der Waals surface area contributed by atoms with Crippen LogP contribution >= 0.6 is 12.6 Å². The molecule has 0 aliphatic rings. The van der Waals surface area contributed by atoms with Gasteiger partial charge < -0.3 is 42.7 Å². The number of carboxylic acid groups (broad SMARTS) is 2. The number of hydrogen-bond acceptors (Lipinski definition) is 9. The molecule has 14 nitrogen and oxygen atoms in total. The van der Waals surface area contributed by atoms with Crippen molar-refractivity contribution in [3.63, 3.8) is 0 Å². The van der Waals surface area contributed by atoms with E-state index in [9.17, 15) is 28.8 Å². The molecule has 4 unspecified atom stereocenters. The SMILES string of the molecule is NC(=O)CC(NC(=O)C(N)CO)C(=O)NC(CCC(=O)O)C(=O)NC(CS)C(=O)O. The predicted octanol–water partition coefficient (Wildman–Crippen LogP) is -4.48. The fourth-order valence-corrected chi connectivity index (χ4v) is 2.29. The van der Waals surface area contributed by atoms with E-state index in [1.165, 1.54) is 0 Å². The van der Waals surface area contributed by atoms with E-state index in [1.54, 1.807) is 0 Å². The van der Waals surface area contributed by atoms with E-state index in [-0.39, 0.29) is 5.75 Å². The Bertz CT molecular complexity index is 675. The molecule has 4 atom stereocenters. The van der Waals surface area contributed by atoms with E-state index in [0.29, 0.717) is 0 Å². The van der Waals surface area contributed by atoms with Gasteiger partial charge in [0.1, 0.15) is 24.2 Å². The van der Waals surface area contributed by atoms with Crippen molar-refractivity contribution in [2.45, 2.75) is 43.4 Å². The summed E-state index contributed by atoms with van der Waals surface area (Å²) in [4.78, 5) is 69.7. The topological polar surface area (TPSA) is 251 Å². The lowest BCUT2D eigenvalue weighted by Crippen LogP contribution is -2.58. The Morgan fingerprint density at radius 2 is 1.37 bits per heavy atom. The Kier molecular flexibility index (Phi) is 12.0. The number of aliphatic hydroxyl groups is 1. The van der Waals surface area contributed by atoms with Crippen molar-refractivity contribution in [2.24, 2.45) is 11.5 Å². The minimum atomic E-state index is -1.58. The lowest BCUT2D eigenvalue weighted by molar-refractivity contribution is -0.142. The molecule has 0 aliphatic heterocycles. The van der Waals surface area contributed by atoms with E-state index in [4.69, 9.17) is 26.8 Å². The Balaban J connectivity index is 5.45. The molecule has 0 saturated heterocycles. The molecular weight excluding hydrogens is 426 g/mol. The van der Waals surface area contributed by atoms with Crippen LogP contribution in [0.5, 0.6) is 0 Å². The standard InChI is InChI=1S/C15H25N5O9S/c16-6(4-21)12(25)19-8(3-10(17)22)14(27)18-7(1-2-11(23)24)13(26)20-9(5-30)15(28)29/h6-9,21,30H,1-5,16H2,(H2,17,22)(H,18,27)(H,19,25)(H,20,26)(H,23,24)(H,28,29). The zero-order valence-electron chi connectivity index (χ0n) is 15.7.